The van der Waals surface area contributed by atoms with Gasteiger partial charge in [0.05, 0.1) is 5.52 Å². The zero-order valence-electron chi connectivity index (χ0n) is 11.0. The number of benzene rings is 2. The zero-order valence-corrected chi connectivity index (χ0v) is 11.0. The molecular weight excluding hydrogens is 266 g/mol. The van der Waals surface area contributed by atoms with Gasteiger partial charge in [-0.15, -0.1) is 10.2 Å². The summed E-state index contributed by atoms with van der Waals surface area (Å²) < 4.78 is 7.55. The number of nitrogens with two attached hydrogens (primary N) is 1. The number of para-hydroxylation sites is 1. The van der Waals surface area contributed by atoms with Crippen molar-refractivity contribution in [1.82, 2.24) is 19.6 Å². The quantitative estimate of drug-likeness (QED) is 0.570. The Hall–Kier alpha value is -3.15. The molecule has 2 N–H and O–H groups in total. The first kappa shape index (κ1) is 11.7. The lowest BCUT2D eigenvalue weighted by molar-refractivity contribution is 0.437. The Morgan fingerprint density at radius 1 is 1.00 bits per heavy atom. The Morgan fingerprint density at radius 2 is 1.81 bits per heavy atom. The number of aromatic nitrogens is 4. The second-order valence-electron chi connectivity index (χ2n) is 4.61. The van der Waals surface area contributed by atoms with Crippen molar-refractivity contribution in [1.29, 1.82) is 0 Å². The molecule has 2 aromatic heterocycles. The summed E-state index contributed by atoms with van der Waals surface area (Å²) in [5.41, 5.74) is 7.88. The maximum absolute atomic E-state index is 5.83. The second-order valence-corrected chi connectivity index (χ2v) is 4.61. The van der Waals surface area contributed by atoms with Gasteiger partial charge in [-0.25, -0.2) is 4.40 Å². The van der Waals surface area contributed by atoms with Crippen LogP contribution in [0.3, 0.4) is 0 Å². The van der Waals surface area contributed by atoms with Crippen LogP contribution in [0.25, 0.3) is 16.6 Å². The molecule has 102 valence electrons. The smallest absolute Gasteiger partial charge is 0.309 e. The molecule has 0 radical (unpaired) electrons. The van der Waals surface area contributed by atoms with Crippen molar-refractivity contribution in [3.63, 3.8) is 0 Å². The van der Waals surface area contributed by atoms with Gasteiger partial charge < -0.3 is 10.5 Å². The summed E-state index contributed by atoms with van der Waals surface area (Å²) in [6, 6.07) is 15.3. The Balaban J connectivity index is 1.90. The molecule has 0 atom stereocenters. The Morgan fingerprint density at radius 3 is 2.67 bits per heavy atom. The first-order valence-electron chi connectivity index (χ1n) is 6.43. The fourth-order valence-corrected chi connectivity index (χ4v) is 2.19. The number of hydrogen-bond acceptors (Lipinski definition) is 5. The first-order chi connectivity index (χ1) is 10.3. The van der Waals surface area contributed by atoms with E-state index >= 15 is 0 Å². The summed E-state index contributed by atoms with van der Waals surface area (Å²) in [5.74, 6) is 0.655. The molecule has 0 aliphatic carbocycles. The van der Waals surface area contributed by atoms with Gasteiger partial charge in [-0.1, -0.05) is 12.1 Å². The van der Waals surface area contributed by atoms with E-state index in [4.69, 9.17) is 10.5 Å². The minimum absolute atomic E-state index is 0.415. The van der Waals surface area contributed by atoms with Crippen LogP contribution >= 0.6 is 0 Å². The Bertz CT molecular complexity index is 930. The van der Waals surface area contributed by atoms with E-state index in [1.807, 2.05) is 24.3 Å². The van der Waals surface area contributed by atoms with E-state index in [9.17, 15) is 0 Å². The Kier molecular flexibility index (Phi) is 2.47. The summed E-state index contributed by atoms with van der Waals surface area (Å²) >= 11 is 0. The van der Waals surface area contributed by atoms with Crippen molar-refractivity contribution in [2.24, 2.45) is 0 Å². The van der Waals surface area contributed by atoms with E-state index in [1.165, 1.54) is 0 Å². The zero-order chi connectivity index (χ0) is 14.2. The molecule has 0 spiro atoms. The fraction of sp³-hybridized carbons (Fsp3) is 0. The monoisotopic (exact) mass is 277 g/mol. The molecule has 0 unspecified atom stereocenters. The third kappa shape index (κ3) is 1.93. The number of nitrogen functional groups attached to an aromatic ring is 1. The maximum atomic E-state index is 5.83. The van der Waals surface area contributed by atoms with Crippen molar-refractivity contribution in [3.05, 3.63) is 54.9 Å². The van der Waals surface area contributed by atoms with Crippen LogP contribution in [0.1, 0.15) is 0 Å². The van der Waals surface area contributed by atoms with Gasteiger partial charge >= 0.3 is 6.01 Å². The van der Waals surface area contributed by atoms with Crippen LogP contribution in [-0.2, 0) is 0 Å². The van der Waals surface area contributed by atoms with E-state index in [2.05, 4.69) is 15.2 Å². The van der Waals surface area contributed by atoms with Gasteiger partial charge in [0.2, 0.25) is 0 Å². The van der Waals surface area contributed by atoms with Gasteiger partial charge in [0.1, 0.15) is 12.1 Å². The highest BCUT2D eigenvalue weighted by molar-refractivity contribution is 5.91. The summed E-state index contributed by atoms with van der Waals surface area (Å²) in [7, 11) is 0. The summed E-state index contributed by atoms with van der Waals surface area (Å²) in [6.07, 6.45) is 1.58. The van der Waals surface area contributed by atoms with Gasteiger partial charge in [-0.05, 0) is 36.4 Å². The van der Waals surface area contributed by atoms with Crippen molar-refractivity contribution in [3.8, 4) is 11.8 Å². The molecule has 0 bridgehead atoms. The molecule has 6 nitrogen and oxygen atoms in total. The molecular formula is C15H11N5O. The lowest BCUT2D eigenvalue weighted by atomic mass is 10.2. The average Bonchev–Trinajstić information content (AvgIpc) is 3.00. The normalized spacial score (nSPS) is 11.0. The van der Waals surface area contributed by atoms with Gasteiger partial charge in [0, 0.05) is 11.1 Å². The molecule has 0 saturated heterocycles. The molecule has 0 fully saturated rings. The minimum Gasteiger partial charge on any atom is -0.425 e. The van der Waals surface area contributed by atoms with Crippen LogP contribution < -0.4 is 10.5 Å². The number of rotatable bonds is 2. The van der Waals surface area contributed by atoms with Crippen LogP contribution in [-0.4, -0.2) is 19.6 Å². The molecule has 21 heavy (non-hydrogen) atoms. The van der Waals surface area contributed by atoms with Crippen molar-refractivity contribution in [2.75, 3.05) is 5.73 Å². The Labute approximate surface area is 119 Å². The molecule has 0 aliphatic rings. The van der Waals surface area contributed by atoms with Crippen molar-refractivity contribution in [2.45, 2.75) is 0 Å². The van der Waals surface area contributed by atoms with Gasteiger partial charge in [-0.3, -0.25) is 0 Å². The average molecular weight is 277 g/mol. The van der Waals surface area contributed by atoms with Gasteiger partial charge in [0.15, 0.2) is 5.65 Å². The third-order valence-corrected chi connectivity index (χ3v) is 3.20. The summed E-state index contributed by atoms with van der Waals surface area (Å²) in [6.45, 7) is 0. The molecule has 0 aliphatic heterocycles. The standard InChI is InChI=1S/C15H11N5O/c16-10-5-7-11(8-6-10)21-15-18-13-4-2-1-3-12(13)14-19-17-9-20(14)15/h1-9H,16H2. The molecule has 2 heterocycles. The first-order valence-corrected chi connectivity index (χ1v) is 6.43. The van der Waals surface area contributed by atoms with Gasteiger partial charge in [-0.2, -0.15) is 4.98 Å². The van der Waals surface area contributed by atoms with E-state index in [-0.39, 0.29) is 0 Å². The molecule has 4 aromatic rings. The minimum atomic E-state index is 0.415. The maximum Gasteiger partial charge on any atom is 0.309 e. The lowest BCUT2D eigenvalue weighted by Gasteiger charge is -2.08. The van der Waals surface area contributed by atoms with Crippen LogP contribution in [0, 0.1) is 0 Å². The molecule has 4 rings (SSSR count). The van der Waals surface area contributed by atoms with E-state index in [1.54, 1.807) is 35.0 Å². The number of ether oxygens (including phenoxy) is 1. The molecule has 6 heteroatoms. The number of nitrogens with zero attached hydrogens (tertiary/aromatic N) is 4. The molecule has 2 aromatic carbocycles. The number of fused-ring (bicyclic) bond motifs is 3. The number of anilines is 1. The number of hydrogen-bond donors (Lipinski definition) is 1. The van der Waals surface area contributed by atoms with Crippen LogP contribution in [0.2, 0.25) is 0 Å². The predicted octanol–water partition coefficient (Wildman–Crippen LogP) is 2.65. The lowest BCUT2D eigenvalue weighted by Crippen LogP contribution is -1.98. The summed E-state index contributed by atoms with van der Waals surface area (Å²) in [4.78, 5) is 4.52. The second kappa shape index (κ2) is 4.45. The van der Waals surface area contributed by atoms with E-state index in [0.29, 0.717) is 23.1 Å². The van der Waals surface area contributed by atoms with E-state index in [0.717, 1.165) is 10.9 Å². The highest BCUT2D eigenvalue weighted by atomic mass is 16.5. The van der Waals surface area contributed by atoms with Crippen LogP contribution in [0.5, 0.6) is 11.8 Å². The predicted molar refractivity (Wildman–Crippen MR) is 79.2 cm³/mol. The van der Waals surface area contributed by atoms with Crippen molar-refractivity contribution >= 4 is 22.2 Å². The topological polar surface area (TPSA) is 78.3 Å². The van der Waals surface area contributed by atoms with Crippen LogP contribution in [0.4, 0.5) is 5.69 Å². The van der Waals surface area contributed by atoms with Crippen LogP contribution in [0.15, 0.2) is 54.9 Å². The third-order valence-electron chi connectivity index (χ3n) is 3.20. The summed E-state index contributed by atoms with van der Waals surface area (Å²) in [5, 5.41) is 9.01. The molecule has 0 amide bonds. The van der Waals surface area contributed by atoms with E-state index < -0.39 is 0 Å². The fourth-order valence-electron chi connectivity index (χ4n) is 2.19. The molecule has 0 saturated carbocycles. The highest BCUT2D eigenvalue weighted by Crippen LogP contribution is 2.25. The largest absolute Gasteiger partial charge is 0.425 e. The SMILES string of the molecule is Nc1ccc(Oc2nc3ccccc3c3nncn23)cc1. The highest BCUT2D eigenvalue weighted by Gasteiger charge is 2.11. The van der Waals surface area contributed by atoms with Crippen molar-refractivity contribution < 1.29 is 4.74 Å². The van der Waals surface area contributed by atoms with Gasteiger partial charge in [0.25, 0.3) is 0 Å².